The molecular formula is C70H122O6. The Labute approximate surface area is 471 Å². The lowest BCUT2D eigenvalue weighted by molar-refractivity contribution is -0.167. The molecule has 0 saturated carbocycles. The molecule has 6 heteroatoms. The summed E-state index contributed by atoms with van der Waals surface area (Å²) in [6.45, 7) is 6.45. The van der Waals surface area contributed by atoms with Gasteiger partial charge in [-0.15, -0.1) is 0 Å². The molecule has 0 saturated heterocycles. The molecule has 438 valence electrons. The summed E-state index contributed by atoms with van der Waals surface area (Å²) in [7, 11) is 0. The van der Waals surface area contributed by atoms with Crippen molar-refractivity contribution in [2.45, 2.75) is 329 Å². The predicted octanol–water partition coefficient (Wildman–Crippen LogP) is 22.3. The summed E-state index contributed by atoms with van der Waals surface area (Å²) in [4.78, 5) is 38.0. The Morgan fingerprint density at radius 1 is 0.276 bits per heavy atom. The Morgan fingerprint density at radius 2 is 0.513 bits per heavy atom. The monoisotopic (exact) mass is 1060 g/mol. The molecule has 6 nitrogen and oxygen atoms in total. The molecule has 0 bridgehead atoms. The molecule has 0 N–H and O–H groups in total. The van der Waals surface area contributed by atoms with Gasteiger partial charge in [-0.2, -0.15) is 0 Å². The number of hydrogen-bond donors (Lipinski definition) is 0. The van der Waals surface area contributed by atoms with Crippen LogP contribution in [0.5, 0.6) is 0 Å². The van der Waals surface area contributed by atoms with E-state index in [1.807, 2.05) is 0 Å². The molecule has 0 aromatic heterocycles. The molecule has 0 fully saturated rings. The second-order valence-electron chi connectivity index (χ2n) is 21.6. The fourth-order valence-corrected chi connectivity index (χ4v) is 9.27. The van der Waals surface area contributed by atoms with Gasteiger partial charge in [-0.25, -0.2) is 0 Å². The van der Waals surface area contributed by atoms with E-state index in [9.17, 15) is 14.4 Å². The van der Waals surface area contributed by atoms with Crippen LogP contribution in [0, 0.1) is 0 Å². The van der Waals surface area contributed by atoms with Gasteiger partial charge < -0.3 is 14.2 Å². The van der Waals surface area contributed by atoms with Crippen LogP contribution in [-0.2, 0) is 28.6 Å². The number of hydrogen-bond acceptors (Lipinski definition) is 6. The number of ether oxygens (including phenoxy) is 3. The summed E-state index contributed by atoms with van der Waals surface area (Å²) < 4.78 is 16.8. The fraction of sp³-hybridized carbons (Fsp3) is 0.757. The van der Waals surface area contributed by atoms with Gasteiger partial charge in [0, 0.05) is 19.3 Å². The molecule has 0 aromatic rings. The van der Waals surface area contributed by atoms with Gasteiger partial charge in [-0.3, -0.25) is 14.4 Å². The molecule has 0 rings (SSSR count). The van der Waals surface area contributed by atoms with Crippen molar-refractivity contribution in [3.63, 3.8) is 0 Å². The molecule has 0 aliphatic heterocycles. The second-order valence-corrected chi connectivity index (χ2v) is 21.6. The predicted molar refractivity (Wildman–Crippen MR) is 330 cm³/mol. The first-order chi connectivity index (χ1) is 37.5. The minimum absolute atomic E-state index is 0.0871. The zero-order valence-corrected chi connectivity index (χ0v) is 50.3. The van der Waals surface area contributed by atoms with E-state index in [2.05, 4.69) is 106 Å². The number of allylic oxidation sites excluding steroid dienone is 14. The average Bonchev–Trinajstić information content (AvgIpc) is 3.42. The number of carbonyl (C=O) groups is 3. The summed E-state index contributed by atoms with van der Waals surface area (Å²) in [6, 6.07) is 0. The smallest absolute Gasteiger partial charge is 0.306 e. The van der Waals surface area contributed by atoms with E-state index in [0.717, 1.165) is 103 Å². The van der Waals surface area contributed by atoms with Crippen LogP contribution < -0.4 is 0 Å². The lowest BCUT2D eigenvalue weighted by Crippen LogP contribution is -2.30. The van der Waals surface area contributed by atoms with Gasteiger partial charge >= 0.3 is 17.9 Å². The quantitative estimate of drug-likeness (QED) is 0.0261. The molecule has 76 heavy (non-hydrogen) atoms. The number of unbranched alkanes of at least 4 members (excludes halogenated alkanes) is 34. The standard InChI is InChI=1S/C70H122O6/c1-4-7-10-13-16-18-20-22-24-26-28-29-30-31-32-33-34-35-36-37-38-39-40-41-43-44-46-48-50-52-54-57-60-63-69(72)75-66-67(65-74-68(71)62-59-56-15-12-9-6-3)76-70(73)64-61-58-55-53-51-49-47-45-42-27-25-23-21-19-17-14-11-8-5-2/h8,11,17,19-20,22-23,25-26,28,42,45,49,51,67H,4-7,9-10,12-16,18,21,24,27,29-41,43-44,46-48,50,52-66H2,1-3H3/b11-8-,19-17-,22-20-,25-23-,28-26-,45-42-,51-49-. The zero-order chi connectivity index (χ0) is 55.0. The summed E-state index contributed by atoms with van der Waals surface area (Å²) in [5.74, 6) is -0.920. The average molecular weight is 1060 g/mol. The summed E-state index contributed by atoms with van der Waals surface area (Å²) in [6.07, 6.45) is 85.1. The molecule has 0 aromatic carbocycles. The van der Waals surface area contributed by atoms with Crippen LogP contribution in [-0.4, -0.2) is 37.2 Å². The SMILES string of the molecule is CC/C=C\C/C=C\C/C=C\C/C=C\C/C=C\CCCCCC(=O)OC(COC(=O)CCCCCCCC)COC(=O)CCCCCCCCCCCCCCCCCCCCCCC/C=C\C/C=C\CCCCCCC. The minimum Gasteiger partial charge on any atom is -0.462 e. The van der Waals surface area contributed by atoms with Crippen molar-refractivity contribution in [3.8, 4) is 0 Å². The van der Waals surface area contributed by atoms with Gasteiger partial charge in [-0.1, -0.05) is 292 Å². The van der Waals surface area contributed by atoms with Crippen molar-refractivity contribution in [2.75, 3.05) is 13.2 Å². The van der Waals surface area contributed by atoms with Crippen LogP contribution in [0.3, 0.4) is 0 Å². The first kappa shape index (κ1) is 72.6. The Balaban J connectivity index is 4.01. The van der Waals surface area contributed by atoms with E-state index in [0.29, 0.717) is 19.3 Å². The molecule has 0 amide bonds. The third-order valence-corrected chi connectivity index (χ3v) is 14.1. The van der Waals surface area contributed by atoms with E-state index < -0.39 is 6.10 Å². The number of esters is 3. The molecule has 0 radical (unpaired) electrons. The van der Waals surface area contributed by atoms with Gasteiger partial charge in [0.2, 0.25) is 0 Å². The lowest BCUT2D eigenvalue weighted by atomic mass is 10.0. The highest BCUT2D eigenvalue weighted by Crippen LogP contribution is 2.17. The first-order valence-corrected chi connectivity index (χ1v) is 32.6. The zero-order valence-electron chi connectivity index (χ0n) is 50.3. The fourth-order valence-electron chi connectivity index (χ4n) is 9.27. The van der Waals surface area contributed by atoms with Crippen LogP contribution in [0.4, 0.5) is 0 Å². The van der Waals surface area contributed by atoms with Gasteiger partial charge in [0.15, 0.2) is 6.10 Å². The van der Waals surface area contributed by atoms with E-state index >= 15 is 0 Å². The third kappa shape index (κ3) is 61.4. The summed E-state index contributed by atoms with van der Waals surface area (Å²) in [5.41, 5.74) is 0. The summed E-state index contributed by atoms with van der Waals surface area (Å²) >= 11 is 0. The Bertz CT molecular complexity index is 1450. The number of rotatable bonds is 59. The van der Waals surface area contributed by atoms with Crippen LogP contribution in [0.1, 0.15) is 323 Å². The Kier molecular flexibility index (Phi) is 61.2. The van der Waals surface area contributed by atoms with E-state index in [1.54, 1.807) is 0 Å². The van der Waals surface area contributed by atoms with Crippen molar-refractivity contribution < 1.29 is 28.6 Å². The first-order valence-electron chi connectivity index (χ1n) is 32.6. The molecular weight excluding hydrogens is 937 g/mol. The Hall–Kier alpha value is -3.41. The van der Waals surface area contributed by atoms with Crippen LogP contribution in [0.25, 0.3) is 0 Å². The Morgan fingerprint density at radius 3 is 0.816 bits per heavy atom. The highest BCUT2D eigenvalue weighted by molar-refractivity contribution is 5.71. The van der Waals surface area contributed by atoms with Crippen molar-refractivity contribution in [3.05, 3.63) is 85.1 Å². The topological polar surface area (TPSA) is 78.9 Å². The van der Waals surface area contributed by atoms with E-state index in [4.69, 9.17) is 14.2 Å². The van der Waals surface area contributed by atoms with E-state index in [-0.39, 0.29) is 31.1 Å². The van der Waals surface area contributed by atoms with Crippen molar-refractivity contribution in [2.24, 2.45) is 0 Å². The molecule has 0 spiro atoms. The van der Waals surface area contributed by atoms with Crippen LogP contribution in [0.2, 0.25) is 0 Å². The molecule has 1 unspecified atom stereocenters. The van der Waals surface area contributed by atoms with Crippen molar-refractivity contribution in [1.29, 1.82) is 0 Å². The summed E-state index contributed by atoms with van der Waals surface area (Å²) in [5, 5.41) is 0. The molecule has 0 heterocycles. The minimum atomic E-state index is -0.790. The van der Waals surface area contributed by atoms with Gasteiger partial charge in [0.1, 0.15) is 13.2 Å². The lowest BCUT2D eigenvalue weighted by Gasteiger charge is -2.18. The maximum absolute atomic E-state index is 12.8. The van der Waals surface area contributed by atoms with Crippen molar-refractivity contribution >= 4 is 17.9 Å². The van der Waals surface area contributed by atoms with Gasteiger partial charge in [0.25, 0.3) is 0 Å². The normalized spacial score (nSPS) is 12.6. The highest BCUT2D eigenvalue weighted by Gasteiger charge is 2.19. The largest absolute Gasteiger partial charge is 0.462 e. The third-order valence-electron chi connectivity index (χ3n) is 14.1. The maximum atomic E-state index is 12.8. The van der Waals surface area contributed by atoms with Crippen molar-refractivity contribution in [1.82, 2.24) is 0 Å². The maximum Gasteiger partial charge on any atom is 0.306 e. The van der Waals surface area contributed by atoms with Gasteiger partial charge in [0.05, 0.1) is 0 Å². The number of carbonyl (C=O) groups excluding carboxylic acids is 3. The van der Waals surface area contributed by atoms with Crippen LogP contribution in [0.15, 0.2) is 85.1 Å². The highest BCUT2D eigenvalue weighted by atomic mass is 16.6. The molecule has 1 atom stereocenters. The second kappa shape index (κ2) is 64.1. The van der Waals surface area contributed by atoms with Gasteiger partial charge in [-0.05, 0) is 96.3 Å². The molecule has 0 aliphatic carbocycles. The molecule has 0 aliphatic rings. The van der Waals surface area contributed by atoms with E-state index in [1.165, 1.54) is 180 Å². The van der Waals surface area contributed by atoms with Crippen LogP contribution >= 0.6 is 0 Å².